The molecule has 0 saturated carbocycles. The van der Waals surface area contributed by atoms with Gasteiger partial charge in [-0.05, 0) is 69.0 Å². The third kappa shape index (κ3) is 4.80. The van der Waals surface area contributed by atoms with E-state index in [0.717, 1.165) is 16.7 Å². The second kappa shape index (κ2) is 8.98. The number of fused-ring (bicyclic) bond motifs is 1. The van der Waals surface area contributed by atoms with Crippen LogP contribution in [0.5, 0.6) is 0 Å². The molecule has 4 nitrogen and oxygen atoms in total. The Kier molecular flexibility index (Phi) is 6.56. The molecule has 4 rings (SSSR count). The molecule has 1 saturated heterocycles. The molecule has 7 heteroatoms. The molecule has 0 bridgehead atoms. The van der Waals surface area contributed by atoms with Crippen molar-refractivity contribution in [1.82, 2.24) is 4.90 Å². The molecular formula is C26H26Cl3NO3. The van der Waals surface area contributed by atoms with E-state index >= 15 is 0 Å². The standard InChI is InChI=1S/C26H26Cl3NO3/c1-14-11-19(18-10-9-17(28)12-21(18)29)23(15-5-7-16(27)8-6-15)20-13-30(24(31)22(14)20)25(32)33-26(2,3)4/h5-12,19-20,22-23H,13H2,1-4H3/t19-,20-,22-,23+/m1/s1. The smallest absolute Gasteiger partial charge is 0.417 e. The molecule has 2 aromatic carbocycles. The number of nitrogens with zero attached hydrogens (tertiary/aromatic N) is 1. The van der Waals surface area contributed by atoms with Gasteiger partial charge in [-0.25, -0.2) is 9.69 Å². The van der Waals surface area contributed by atoms with E-state index in [1.54, 1.807) is 26.8 Å². The summed E-state index contributed by atoms with van der Waals surface area (Å²) in [4.78, 5) is 27.5. The highest BCUT2D eigenvalue weighted by Crippen LogP contribution is 2.53. The molecule has 2 aromatic rings. The highest BCUT2D eigenvalue weighted by molar-refractivity contribution is 6.35. The third-order valence-electron chi connectivity index (χ3n) is 6.33. The number of ether oxygens (including phenoxy) is 1. The quantitative estimate of drug-likeness (QED) is 0.397. The van der Waals surface area contributed by atoms with Gasteiger partial charge in [0.05, 0.1) is 5.92 Å². The fourth-order valence-electron chi connectivity index (χ4n) is 5.04. The first-order valence-electron chi connectivity index (χ1n) is 10.9. The van der Waals surface area contributed by atoms with Crippen molar-refractivity contribution >= 4 is 46.8 Å². The average Bonchev–Trinajstić information content (AvgIpc) is 3.05. The summed E-state index contributed by atoms with van der Waals surface area (Å²) >= 11 is 18.9. The van der Waals surface area contributed by atoms with Gasteiger partial charge in [-0.2, -0.15) is 0 Å². The summed E-state index contributed by atoms with van der Waals surface area (Å²) in [6.45, 7) is 7.60. The number of rotatable bonds is 2. The largest absolute Gasteiger partial charge is 0.443 e. The molecule has 174 valence electrons. The van der Waals surface area contributed by atoms with Crippen LogP contribution >= 0.6 is 34.8 Å². The lowest BCUT2D eigenvalue weighted by molar-refractivity contribution is -0.129. The van der Waals surface area contributed by atoms with Crippen LogP contribution in [0.4, 0.5) is 4.79 Å². The van der Waals surface area contributed by atoms with E-state index in [1.165, 1.54) is 4.90 Å². The first-order chi connectivity index (χ1) is 15.5. The second-order valence-corrected chi connectivity index (χ2v) is 11.0. The van der Waals surface area contributed by atoms with Gasteiger partial charge in [-0.1, -0.05) is 64.7 Å². The molecule has 2 amide bonds. The minimum Gasteiger partial charge on any atom is -0.443 e. The van der Waals surface area contributed by atoms with E-state index in [4.69, 9.17) is 39.5 Å². The summed E-state index contributed by atoms with van der Waals surface area (Å²) in [6, 6.07) is 13.2. The van der Waals surface area contributed by atoms with Crippen LogP contribution in [-0.2, 0) is 9.53 Å². The van der Waals surface area contributed by atoms with Crippen molar-refractivity contribution in [1.29, 1.82) is 0 Å². The van der Waals surface area contributed by atoms with Crippen molar-refractivity contribution in [3.8, 4) is 0 Å². The van der Waals surface area contributed by atoms with E-state index in [1.807, 2.05) is 43.3 Å². The molecule has 1 aliphatic carbocycles. The van der Waals surface area contributed by atoms with Crippen molar-refractivity contribution in [2.75, 3.05) is 6.54 Å². The van der Waals surface area contributed by atoms with E-state index in [0.29, 0.717) is 15.1 Å². The number of hydrogen-bond acceptors (Lipinski definition) is 3. The maximum absolute atomic E-state index is 13.4. The van der Waals surface area contributed by atoms with Crippen molar-refractivity contribution < 1.29 is 14.3 Å². The first-order valence-corrected chi connectivity index (χ1v) is 12.0. The normalized spacial score (nSPS) is 25.0. The summed E-state index contributed by atoms with van der Waals surface area (Å²) in [5.74, 6) is -0.939. The maximum atomic E-state index is 13.4. The highest BCUT2D eigenvalue weighted by atomic mass is 35.5. The predicted octanol–water partition coefficient (Wildman–Crippen LogP) is 7.48. The van der Waals surface area contributed by atoms with Crippen molar-refractivity contribution in [2.24, 2.45) is 11.8 Å². The zero-order valence-electron chi connectivity index (χ0n) is 18.9. The minimum atomic E-state index is -0.690. The Morgan fingerprint density at radius 3 is 2.27 bits per heavy atom. The molecule has 0 N–H and O–H groups in total. The fraction of sp³-hybridized carbons (Fsp3) is 0.385. The summed E-state index contributed by atoms with van der Waals surface area (Å²) < 4.78 is 5.53. The predicted molar refractivity (Wildman–Crippen MR) is 132 cm³/mol. The van der Waals surface area contributed by atoms with E-state index < -0.39 is 17.6 Å². The van der Waals surface area contributed by atoms with Gasteiger partial charge in [-0.15, -0.1) is 0 Å². The molecule has 1 heterocycles. The van der Waals surface area contributed by atoms with Gasteiger partial charge in [0.2, 0.25) is 5.91 Å². The molecule has 1 fully saturated rings. The molecule has 0 unspecified atom stereocenters. The number of imide groups is 1. The summed E-state index contributed by atoms with van der Waals surface area (Å²) in [7, 11) is 0. The zero-order chi connectivity index (χ0) is 24.1. The molecule has 0 aromatic heterocycles. The lowest BCUT2D eigenvalue weighted by atomic mass is 9.64. The van der Waals surface area contributed by atoms with Gasteiger partial charge in [0.25, 0.3) is 0 Å². The van der Waals surface area contributed by atoms with Gasteiger partial charge in [0.15, 0.2) is 0 Å². The summed E-state index contributed by atoms with van der Waals surface area (Å²) in [5, 5.41) is 1.77. The SMILES string of the molecule is CC1=C[C@H](c2ccc(Cl)cc2Cl)[C@H](c2ccc(Cl)cc2)[C@@H]2CN(C(=O)OC(C)(C)C)C(=O)[C@H]12. The Balaban J connectivity index is 1.80. The summed E-state index contributed by atoms with van der Waals surface area (Å²) in [6.07, 6.45) is 1.50. The van der Waals surface area contributed by atoms with Crippen LogP contribution in [0.15, 0.2) is 54.1 Å². The Morgan fingerprint density at radius 2 is 1.67 bits per heavy atom. The molecule has 33 heavy (non-hydrogen) atoms. The zero-order valence-corrected chi connectivity index (χ0v) is 21.2. The Bertz CT molecular complexity index is 1120. The number of likely N-dealkylation sites (tertiary alicyclic amines) is 1. The second-order valence-electron chi connectivity index (χ2n) is 9.75. The van der Waals surface area contributed by atoms with Crippen LogP contribution in [0.1, 0.15) is 50.7 Å². The average molecular weight is 507 g/mol. The lowest BCUT2D eigenvalue weighted by Crippen LogP contribution is -2.38. The first kappa shape index (κ1) is 24.1. The van der Waals surface area contributed by atoms with Crippen LogP contribution in [0.3, 0.4) is 0 Å². The molecule has 0 spiro atoms. The number of amides is 2. The molecule has 2 aliphatic rings. The highest BCUT2D eigenvalue weighted by Gasteiger charge is 2.52. The Labute approximate surface area is 209 Å². The van der Waals surface area contributed by atoms with Crippen LogP contribution in [0.25, 0.3) is 0 Å². The molecular weight excluding hydrogens is 481 g/mol. The van der Waals surface area contributed by atoms with E-state index in [-0.39, 0.29) is 30.2 Å². The number of halogens is 3. The van der Waals surface area contributed by atoms with Crippen LogP contribution in [0, 0.1) is 11.8 Å². The number of benzene rings is 2. The van der Waals surface area contributed by atoms with Crippen molar-refractivity contribution in [3.63, 3.8) is 0 Å². The number of hydrogen-bond donors (Lipinski definition) is 0. The molecule has 1 aliphatic heterocycles. The van der Waals surface area contributed by atoms with Gasteiger partial charge < -0.3 is 4.74 Å². The molecule has 4 atom stereocenters. The van der Waals surface area contributed by atoms with Gasteiger partial charge in [-0.3, -0.25) is 4.79 Å². The Morgan fingerprint density at radius 1 is 1.03 bits per heavy atom. The minimum absolute atomic E-state index is 0.0916. The fourth-order valence-corrected chi connectivity index (χ4v) is 5.70. The summed E-state index contributed by atoms with van der Waals surface area (Å²) in [5.41, 5.74) is 2.21. The van der Waals surface area contributed by atoms with Crippen LogP contribution < -0.4 is 0 Å². The monoisotopic (exact) mass is 505 g/mol. The van der Waals surface area contributed by atoms with Crippen molar-refractivity contribution in [3.05, 3.63) is 80.3 Å². The van der Waals surface area contributed by atoms with Gasteiger partial charge in [0.1, 0.15) is 5.60 Å². The van der Waals surface area contributed by atoms with Crippen LogP contribution in [0.2, 0.25) is 15.1 Å². The third-order valence-corrected chi connectivity index (χ3v) is 7.14. The molecule has 0 radical (unpaired) electrons. The topological polar surface area (TPSA) is 46.6 Å². The number of carbonyl (C=O) groups is 2. The van der Waals surface area contributed by atoms with E-state index in [9.17, 15) is 9.59 Å². The Hall–Kier alpha value is -2.01. The maximum Gasteiger partial charge on any atom is 0.417 e. The van der Waals surface area contributed by atoms with E-state index in [2.05, 4.69) is 6.08 Å². The number of carbonyl (C=O) groups excluding carboxylic acids is 2. The van der Waals surface area contributed by atoms with Gasteiger partial charge >= 0.3 is 6.09 Å². The van der Waals surface area contributed by atoms with Crippen molar-refractivity contribution in [2.45, 2.75) is 45.1 Å². The number of allylic oxidation sites excluding steroid dienone is 1. The van der Waals surface area contributed by atoms with Crippen LogP contribution in [-0.4, -0.2) is 29.0 Å². The lowest BCUT2D eigenvalue weighted by Gasteiger charge is -2.38. The van der Waals surface area contributed by atoms with Gasteiger partial charge in [0, 0.05) is 33.4 Å².